The largest absolute Gasteiger partial charge is 0.361 e. The number of H-pyrrole nitrogens is 1. The molecule has 0 unspecified atom stereocenters. The first-order chi connectivity index (χ1) is 7.45. The molecule has 2 aromatic heterocycles. The molecule has 0 amide bonds. The van der Waals surface area contributed by atoms with Crippen LogP contribution in [0.3, 0.4) is 0 Å². The lowest BCUT2D eigenvalue weighted by Gasteiger charge is -1.96. The van der Waals surface area contributed by atoms with E-state index in [1.165, 1.54) is 5.39 Å². The maximum atomic E-state index is 4.02. The van der Waals surface area contributed by atoms with Crippen molar-refractivity contribution in [1.29, 1.82) is 0 Å². The number of aromatic amines is 1. The van der Waals surface area contributed by atoms with Crippen molar-refractivity contribution >= 4 is 10.9 Å². The lowest BCUT2D eigenvalue weighted by atomic mass is 10.1. The van der Waals surface area contributed by atoms with Crippen LogP contribution in [-0.2, 0) is 0 Å². The summed E-state index contributed by atoms with van der Waals surface area (Å²) in [5.74, 6) is 0. The minimum absolute atomic E-state index is 1.04. The zero-order chi connectivity index (χ0) is 10.1. The molecule has 0 spiro atoms. The van der Waals surface area contributed by atoms with Crippen molar-refractivity contribution < 1.29 is 0 Å². The number of nitrogens with zero attached hydrogens (tertiary/aromatic N) is 2. The topological polar surface area (TPSA) is 41.6 Å². The number of fused-ring (bicyclic) bond motifs is 1. The maximum absolute atomic E-state index is 4.02. The number of para-hydroxylation sites is 1. The zero-order valence-corrected chi connectivity index (χ0v) is 8.01. The van der Waals surface area contributed by atoms with E-state index in [9.17, 15) is 0 Å². The summed E-state index contributed by atoms with van der Waals surface area (Å²) in [6, 6.07) is 8.20. The Kier molecular flexibility index (Phi) is 1.75. The van der Waals surface area contributed by atoms with Gasteiger partial charge in [-0.1, -0.05) is 18.2 Å². The van der Waals surface area contributed by atoms with Gasteiger partial charge in [0.05, 0.1) is 0 Å². The van der Waals surface area contributed by atoms with Crippen LogP contribution in [0.15, 0.2) is 49.2 Å². The molecule has 1 N–H and O–H groups in total. The summed E-state index contributed by atoms with van der Waals surface area (Å²) in [7, 11) is 0. The number of nitrogens with one attached hydrogen (secondary N) is 1. The molecule has 1 aromatic carbocycles. The molecule has 72 valence electrons. The molecule has 0 aliphatic rings. The summed E-state index contributed by atoms with van der Waals surface area (Å²) >= 11 is 0. The minimum atomic E-state index is 1.04. The summed E-state index contributed by atoms with van der Waals surface area (Å²) in [6.45, 7) is 0. The first-order valence-corrected chi connectivity index (χ1v) is 4.76. The van der Waals surface area contributed by atoms with Crippen molar-refractivity contribution in [2.45, 2.75) is 0 Å². The average molecular weight is 195 g/mol. The molecule has 0 fully saturated rings. The van der Waals surface area contributed by atoms with Crippen molar-refractivity contribution in [1.82, 2.24) is 15.0 Å². The number of hydrogen-bond donors (Lipinski definition) is 1. The molecule has 0 bridgehead atoms. The molecule has 3 nitrogen and oxygen atoms in total. The molecular weight excluding hydrogens is 186 g/mol. The first-order valence-electron chi connectivity index (χ1n) is 4.76. The summed E-state index contributed by atoms with van der Waals surface area (Å²) in [5.41, 5.74) is 3.32. The Morgan fingerprint density at radius 1 is 1.00 bits per heavy atom. The van der Waals surface area contributed by atoms with Crippen molar-refractivity contribution in [3.8, 4) is 11.1 Å². The number of aromatic nitrogens is 3. The Labute approximate surface area is 86.8 Å². The van der Waals surface area contributed by atoms with Crippen molar-refractivity contribution in [3.05, 3.63) is 49.2 Å². The van der Waals surface area contributed by atoms with Gasteiger partial charge in [-0.15, -0.1) is 0 Å². The van der Waals surface area contributed by atoms with Crippen LogP contribution in [0.4, 0.5) is 0 Å². The Morgan fingerprint density at radius 3 is 2.67 bits per heavy atom. The van der Waals surface area contributed by atoms with Gasteiger partial charge in [-0.25, -0.2) is 9.97 Å². The van der Waals surface area contributed by atoms with E-state index in [-0.39, 0.29) is 0 Å². The number of benzene rings is 1. The summed E-state index contributed by atoms with van der Waals surface area (Å²) < 4.78 is 0. The SMILES string of the molecule is c1ccc2c(-c3cncnc3)c[nH]c2c1. The lowest BCUT2D eigenvalue weighted by molar-refractivity contribution is 1.17. The van der Waals surface area contributed by atoms with Gasteiger partial charge in [-0.3, -0.25) is 0 Å². The van der Waals surface area contributed by atoms with E-state index < -0.39 is 0 Å². The van der Waals surface area contributed by atoms with Gasteiger partial charge in [-0.05, 0) is 6.07 Å². The standard InChI is InChI=1S/C12H9N3/c1-2-4-12-10(3-1)11(7-15-12)9-5-13-8-14-6-9/h1-8,15H. The van der Waals surface area contributed by atoms with Crippen LogP contribution in [0.5, 0.6) is 0 Å². The minimum Gasteiger partial charge on any atom is -0.361 e. The molecular formula is C12H9N3. The highest BCUT2D eigenvalue weighted by Crippen LogP contribution is 2.26. The molecule has 0 atom stereocenters. The highest BCUT2D eigenvalue weighted by Gasteiger charge is 2.04. The highest BCUT2D eigenvalue weighted by molar-refractivity contribution is 5.95. The van der Waals surface area contributed by atoms with Crippen molar-refractivity contribution in [2.75, 3.05) is 0 Å². The molecule has 0 saturated carbocycles. The van der Waals surface area contributed by atoms with E-state index in [1.54, 1.807) is 6.33 Å². The molecule has 3 aromatic rings. The fraction of sp³-hybridized carbons (Fsp3) is 0. The average Bonchev–Trinajstić information content (AvgIpc) is 2.74. The summed E-state index contributed by atoms with van der Waals surface area (Å²) in [4.78, 5) is 11.3. The van der Waals surface area contributed by atoms with Crippen LogP contribution in [0.25, 0.3) is 22.0 Å². The number of hydrogen-bond acceptors (Lipinski definition) is 2. The Balaban J connectivity index is 2.28. The summed E-state index contributed by atoms with van der Waals surface area (Å²) in [6.07, 6.45) is 7.17. The van der Waals surface area contributed by atoms with E-state index in [1.807, 2.05) is 30.7 Å². The molecule has 3 heteroatoms. The third kappa shape index (κ3) is 1.29. The third-order valence-corrected chi connectivity index (χ3v) is 2.46. The summed E-state index contributed by atoms with van der Waals surface area (Å²) in [5, 5.41) is 1.20. The smallest absolute Gasteiger partial charge is 0.115 e. The normalized spacial score (nSPS) is 10.7. The van der Waals surface area contributed by atoms with E-state index in [0.717, 1.165) is 16.6 Å². The molecule has 0 radical (unpaired) electrons. The van der Waals surface area contributed by atoms with Crippen molar-refractivity contribution in [2.24, 2.45) is 0 Å². The van der Waals surface area contributed by atoms with Crippen LogP contribution >= 0.6 is 0 Å². The van der Waals surface area contributed by atoms with Gasteiger partial charge in [0.2, 0.25) is 0 Å². The first kappa shape index (κ1) is 8.17. The van der Waals surface area contributed by atoms with E-state index in [0.29, 0.717) is 0 Å². The van der Waals surface area contributed by atoms with Crippen LogP contribution in [0.1, 0.15) is 0 Å². The number of rotatable bonds is 1. The predicted molar refractivity (Wildman–Crippen MR) is 59.3 cm³/mol. The third-order valence-electron chi connectivity index (χ3n) is 2.46. The quantitative estimate of drug-likeness (QED) is 0.648. The van der Waals surface area contributed by atoms with E-state index in [4.69, 9.17) is 0 Å². The van der Waals surface area contributed by atoms with Crippen LogP contribution in [0, 0.1) is 0 Å². The molecule has 2 heterocycles. The van der Waals surface area contributed by atoms with Gasteiger partial charge in [0.25, 0.3) is 0 Å². The second-order valence-electron chi connectivity index (χ2n) is 3.38. The van der Waals surface area contributed by atoms with Crippen molar-refractivity contribution in [3.63, 3.8) is 0 Å². The van der Waals surface area contributed by atoms with Gasteiger partial charge in [0, 0.05) is 40.6 Å². The lowest BCUT2D eigenvalue weighted by Crippen LogP contribution is -1.79. The van der Waals surface area contributed by atoms with Crippen LogP contribution in [-0.4, -0.2) is 15.0 Å². The molecule has 0 saturated heterocycles. The van der Waals surface area contributed by atoms with E-state index in [2.05, 4.69) is 27.1 Å². The monoisotopic (exact) mass is 195 g/mol. The predicted octanol–water partition coefficient (Wildman–Crippen LogP) is 2.62. The molecule has 0 aliphatic carbocycles. The van der Waals surface area contributed by atoms with Crippen LogP contribution in [0.2, 0.25) is 0 Å². The van der Waals surface area contributed by atoms with Gasteiger partial charge < -0.3 is 4.98 Å². The Morgan fingerprint density at radius 2 is 1.80 bits per heavy atom. The molecule has 15 heavy (non-hydrogen) atoms. The second-order valence-corrected chi connectivity index (χ2v) is 3.38. The Bertz CT molecular complexity index is 584. The van der Waals surface area contributed by atoms with Crippen LogP contribution < -0.4 is 0 Å². The van der Waals surface area contributed by atoms with Gasteiger partial charge in [0.1, 0.15) is 6.33 Å². The second kappa shape index (κ2) is 3.20. The van der Waals surface area contributed by atoms with E-state index >= 15 is 0 Å². The zero-order valence-electron chi connectivity index (χ0n) is 8.01. The van der Waals surface area contributed by atoms with Gasteiger partial charge >= 0.3 is 0 Å². The molecule has 3 rings (SSSR count). The molecule has 0 aliphatic heterocycles. The van der Waals surface area contributed by atoms with Gasteiger partial charge in [-0.2, -0.15) is 0 Å². The highest BCUT2D eigenvalue weighted by atomic mass is 14.8. The fourth-order valence-corrected chi connectivity index (χ4v) is 1.75. The maximum Gasteiger partial charge on any atom is 0.115 e. The Hall–Kier alpha value is -2.16. The van der Waals surface area contributed by atoms with Gasteiger partial charge in [0.15, 0.2) is 0 Å². The fourth-order valence-electron chi connectivity index (χ4n) is 1.75.